The zero-order valence-corrected chi connectivity index (χ0v) is 10.4. The van der Waals surface area contributed by atoms with Crippen molar-refractivity contribution in [2.75, 3.05) is 11.9 Å². The van der Waals surface area contributed by atoms with Crippen LogP contribution in [0.3, 0.4) is 0 Å². The molecule has 3 rings (SSSR count). The molecule has 1 aromatic carbocycles. The second-order valence-electron chi connectivity index (χ2n) is 4.30. The van der Waals surface area contributed by atoms with Crippen LogP contribution >= 0.6 is 22.9 Å². The lowest BCUT2D eigenvalue weighted by Gasteiger charge is -2.26. The molecule has 0 amide bonds. The molecule has 1 fully saturated rings. The second kappa shape index (κ2) is 4.22. The maximum atomic E-state index is 6.21. The topological polar surface area (TPSA) is 24.9 Å². The van der Waals surface area contributed by atoms with Crippen molar-refractivity contribution in [2.24, 2.45) is 5.92 Å². The fraction of sp³-hybridized carbons (Fsp3) is 0.417. The normalized spacial score (nSPS) is 16.3. The van der Waals surface area contributed by atoms with Gasteiger partial charge in [-0.25, -0.2) is 4.98 Å². The number of fused-ring (bicyclic) bond motifs is 1. The Morgan fingerprint density at radius 2 is 2.31 bits per heavy atom. The number of hydrogen-bond donors (Lipinski definition) is 1. The van der Waals surface area contributed by atoms with E-state index in [1.54, 1.807) is 11.3 Å². The summed E-state index contributed by atoms with van der Waals surface area (Å²) in [5.41, 5.74) is 3.89. The van der Waals surface area contributed by atoms with E-state index < -0.39 is 0 Å². The maximum Gasteiger partial charge on any atom is 0.106 e. The molecule has 0 atom stereocenters. The molecular weight excluding hydrogens is 240 g/mol. The summed E-state index contributed by atoms with van der Waals surface area (Å²) in [7, 11) is 0. The van der Waals surface area contributed by atoms with Crippen LogP contribution in [0.2, 0.25) is 5.02 Å². The lowest BCUT2D eigenvalue weighted by molar-refractivity contribution is 0.333. The van der Waals surface area contributed by atoms with Gasteiger partial charge in [0.05, 0.1) is 20.9 Å². The van der Waals surface area contributed by atoms with Crippen molar-refractivity contribution in [2.45, 2.75) is 19.3 Å². The molecular formula is C12H13ClN2S. The zero-order valence-electron chi connectivity index (χ0n) is 8.87. The molecule has 4 heteroatoms. The molecule has 1 aliphatic rings. The Hall–Kier alpha value is -0.800. The van der Waals surface area contributed by atoms with Gasteiger partial charge in [0.15, 0.2) is 0 Å². The van der Waals surface area contributed by atoms with E-state index >= 15 is 0 Å². The van der Waals surface area contributed by atoms with Gasteiger partial charge in [0.25, 0.3) is 0 Å². The van der Waals surface area contributed by atoms with E-state index in [0.717, 1.165) is 28.7 Å². The fourth-order valence-corrected chi connectivity index (χ4v) is 2.92. The molecule has 16 heavy (non-hydrogen) atoms. The van der Waals surface area contributed by atoms with Crippen LogP contribution in [-0.4, -0.2) is 11.5 Å². The Morgan fingerprint density at radius 3 is 3.06 bits per heavy atom. The van der Waals surface area contributed by atoms with E-state index in [1.165, 1.54) is 24.0 Å². The first-order chi connectivity index (χ1) is 7.84. The van der Waals surface area contributed by atoms with Crippen LogP contribution in [0.1, 0.15) is 19.3 Å². The van der Waals surface area contributed by atoms with Gasteiger partial charge in [0, 0.05) is 6.54 Å². The number of aromatic nitrogens is 1. The van der Waals surface area contributed by atoms with Crippen LogP contribution < -0.4 is 5.32 Å². The van der Waals surface area contributed by atoms with Crippen LogP contribution in [0.25, 0.3) is 10.2 Å². The Morgan fingerprint density at radius 1 is 1.44 bits per heavy atom. The molecule has 1 aliphatic carbocycles. The standard InChI is InChI=1S/C12H13ClN2S/c13-9-4-5-10-12(15-7-16-10)11(9)14-6-8-2-1-3-8/h4-5,7-8,14H,1-3,6H2. The lowest BCUT2D eigenvalue weighted by Crippen LogP contribution is -2.21. The monoisotopic (exact) mass is 252 g/mol. The van der Waals surface area contributed by atoms with Crippen LogP contribution in [0.4, 0.5) is 5.69 Å². The third-order valence-corrected chi connectivity index (χ3v) is 4.35. The van der Waals surface area contributed by atoms with Crippen molar-refractivity contribution >= 4 is 38.8 Å². The molecule has 1 aromatic heterocycles. The minimum atomic E-state index is 0.776. The number of rotatable bonds is 3. The summed E-state index contributed by atoms with van der Waals surface area (Å²) in [6.07, 6.45) is 4.07. The molecule has 2 aromatic rings. The van der Waals surface area contributed by atoms with Crippen molar-refractivity contribution in [3.8, 4) is 0 Å². The van der Waals surface area contributed by atoms with Crippen LogP contribution in [-0.2, 0) is 0 Å². The van der Waals surface area contributed by atoms with Gasteiger partial charge in [-0.2, -0.15) is 0 Å². The summed E-state index contributed by atoms with van der Waals surface area (Å²) in [5, 5.41) is 4.23. The Kier molecular flexibility index (Phi) is 2.74. The van der Waals surface area contributed by atoms with Gasteiger partial charge in [0.2, 0.25) is 0 Å². The van der Waals surface area contributed by atoms with E-state index in [-0.39, 0.29) is 0 Å². The van der Waals surface area contributed by atoms with Crippen LogP contribution in [0, 0.1) is 5.92 Å². The van der Waals surface area contributed by atoms with Gasteiger partial charge >= 0.3 is 0 Å². The van der Waals surface area contributed by atoms with Gasteiger partial charge in [0.1, 0.15) is 5.52 Å². The van der Waals surface area contributed by atoms with E-state index in [2.05, 4.69) is 10.3 Å². The van der Waals surface area contributed by atoms with Crippen molar-refractivity contribution in [1.29, 1.82) is 0 Å². The molecule has 0 bridgehead atoms. The predicted molar refractivity (Wildman–Crippen MR) is 70.5 cm³/mol. The number of nitrogens with zero attached hydrogens (tertiary/aromatic N) is 1. The van der Waals surface area contributed by atoms with Crippen molar-refractivity contribution in [3.63, 3.8) is 0 Å². The molecule has 0 aliphatic heterocycles. The predicted octanol–water partition coefficient (Wildman–Crippen LogP) is 4.16. The smallest absolute Gasteiger partial charge is 0.106 e. The first-order valence-electron chi connectivity index (χ1n) is 5.60. The average Bonchev–Trinajstić information content (AvgIpc) is 2.66. The molecule has 0 spiro atoms. The van der Waals surface area contributed by atoms with E-state index in [9.17, 15) is 0 Å². The van der Waals surface area contributed by atoms with E-state index in [0.29, 0.717) is 0 Å². The highest BCUT2D eigenvalue weighted by molar-refractivity contribution is 7.16. The maximum absolute atomic E-state index is 6.21. The first kappa shape index (κ1) is 10.4. The highest BCUT2D eigenvalue weighted by Crippen LogP contribution is 2.33. The zero-order chi connectivity index (χ0) is 11.0. The van der Waals surface area contributed by atoms with Crippen LogP contribution in [0.5, 0.6) is 0 Å². The summed E-state index contributed by atoms with van der Waals surface area (Å²) in [6, 6.07) is 3.98. The summed E-state index contributed by atoms with van der Waals surface area (Å²) < 4.78 is 1.19. The molecule has 1 heterocycles. The minimum absolute atomic E-state index is 0.776. The SMILES string of the molecule is Clc1ccc2scnc2c1NCC1CCC1. The number of nitrogens with one attached hydrogen (secondary N) is 1. The van der Waals surface area contributed by atoms with E-state index in [4.69, 9.17) is 11.6 Å². The summed E-state index contributed by atoms with van der Waals surface area (Å²) >= 11 is 7.86. The summed E-state index contributed by atoms with van der Waals surface area (Å²) in [5.74, 6) is 0.824. The summed E-state index contributed by atoms with van der Waals surface area (Å²) in [6.45, 7) is 1.02. The third-order valence-electron chi connectivity index (χ3n) is 3.24. The first-order valence-corrected chi connectivity index (χ1v) is 6.86. The van der Waals surface area contributed by atoms with Crippen LogP contribution in [0.15, 0.2) is 17.6 Å². The fourth-order valence-electron chi connectivity index (χ4n) is 2.02. The Balaban J connectivity index is 1.87. The molecule has 84 valence electrons. The highest BCUT2D eigenvalue weighted by Gasteiger charge is 2.18. The van der Waals surface area contributed by atoms with E-state index in [1.807, 2.05) is 17.6 Å². The molecule has 0 saturated heterocycles. The molecule has 1 N–H and O–H groups in total. The number of anilines is 1. The number of hydrogen-bond acceptors (Lipinski definition) is 3. The van der Waals surface area contributed by atoms with Crippen molar-refractivity contribution in [1.82, 2.24) is 4.98 Å². The van der Waals surface area contributed by atoms with Gasteiger partial charge < -0.3 is 5.32 Å². The number of halogens is 1. The van der Waals surface area contributed by atoms with Gasteiger partial charge in [-0.1, -0.05) is 18.0 Å². The lowest BCUT2D eigenvalue weighted by atomic mass is 9.85. The molecule has 0 unspecified atom stereocenters. The number of benzene rings is 1. The van der Waals surface area contributed by atoms with Crippen molar-refractivity contribution in [3.05, 3.63) is 22.7 Å². The van der Waals surface area contributed by atoms with Gasteiger partial charge in [-0.15, -0.1) is 11.3 Å². The average molecular weight is 253 g/mol. The second-order valence-corrected chi connectivity index (χ2v) is 5.59. The Labute approximate surface area is 104 Å². The molecule has 2 nitrogen and oxygen atoms in total. The number of thiazole rings is 1. The largest absolute Gasteiger partial charge is 0.382 e. The van der Waals surface area contributed by atoms with Gasteiger partial charge in [-0.05, 0) is 30.9 Å². The Bertz CT molecular complexity index is 505. The molecule has 1 saturated carbocycles. The van der Waals surface area contributed by atoms with Gasteiger partial charge in [-0.3, -0.25) is 0 Å². The highest BCUT2D eigenvalue weighted by atomic mass is 35.5. The quantitative estimate of drug-likeness (QED) is 0.887. The summed E-state index contributed by atoms with van der Waals surface area (Å²) in [4.78, 5) is 4.37. The molecule has 0 radical (unpaired) electrons. The third kappa shape index (κ3) is 1.78. The minimum Gasteiger partial charge on any atom is -0.382 e. The van der Waals surface area contributed by atoms with Crippen molar-refractivity contribution < 1.29 is 0 Å².